The summed E-state index contributed by atoms with van der Waals surface area (Å²) < 4.78 is 41.6. The molecular formula is C23H23FN2O3S. The van der Waals surface area contributed by atoms with E-state index < -0.39 is 15.9 Å². The molecule has 1 atom stereocenters. The molecule has 2 N–H and O–H groups in total. The molecule has 3 aromatic rings. The monoisotopic (exact) mass is 426 g/mol. The Kier molecular flexibility index (Phi) is 6.64. The van der Waals surface area contributed by atoms with Crippen LogP contribution in [0.5, 0.6) is 0 Å². The highest BCUT2D eigenvalue weighted by molar-refractivity contribution is 7.89. The molecule has 156 valence electrons. The maximum atomic E-state index is 13.4. The molecule has 0 bridgehead atoms. The lowest BCUT2D eigenvalue weighted by atomic mass is 10.1. The molecule has 1 unspecified atom stereocenters. The van der Waals surface area contributed by atoms with Gasteiger partial charge in [0.15, 0.2) is 0 Å². The molecule has 0 radical (unpaired) electrons. The molecule has 0 heterocycles. The number of sulfonamides is 1. The first-order valence-electron chi connectivity index (χ1n) is 9.48. The lowest BCUT2D eigenvalue weighted by Crippen LogP contribution is -2.34. The van der Waals surface area contributed by atoms with Crippen molar-refractivity contribution in [1.82, 2.24) is 4.72 Å². The van der Waals surface area contributed by atoms with Gasteiger partial charge in [-0.2, -0.15) is 0 Å². The minimum absolute atomic E-state index is 0.00495. The SMILES string of the molecule is Cc1cc(NC(=O)c2cccc(S(=O)(=O)NC(C)Cc3ccccc3)c2)ccc1F. The summed E-state index contributed by atoms with van der Waals surface area (Å²) in [6.07, 6.45) is 0.546. The van der Waals surface area contributed by atoms with E-state index in [-0.39, 0.29) is 22.3 Å². The second-order valence-electron chi connectivity index (χ2n) is 7.16. The van der Waals surface area contributed by atoms with Crippen LogP contribution in [0.3, 0.4) is 0 Å². The van der Waals surface area contributed by atoms with Gasteiger partial charge in [0, 0.05) is 17.3 Å². The Hall–Kier alpha value is -3.03. The molecule has 0 saturated heterocycles. The Labute approximate surface area is 176 Å². The van der Waals surface area contributed by atoms with E-state index in [2.05, 4.69) is 10.0 Å². The zero-order valence-corrected chi connectivity index (χ0v) is 17.5. The fourth-order valence-electron chi connectivity index (χ4n) is 3.07. The number of halogens is 1. The molecule has 0 spiro atoms. The van der Waals surface area contributed by atoms with E-state index in [9.17, 15) is 17.6 Å². The molecule has 0 saturated carbocycles. The molecule has 30 heavy (non-hydrogen) atoms. The van der Waals surface area contributed by atoms with E-state index in [0.717, 1.165) is 5.56 Å². The van der Waals surface area contributed by atoms with Gasteiger partial charge in [-0.05, 0) is 67.8 Å². The van der Waals surface area contributed by atoms with E-state index in [4.69, 9.17) is 0 Å². The molecule has 0 aliphatic carbocycles. The quantitative estimate of drug-likeness (QED) is 0.592. The fraction of sp³-hybridized carbons (Fsp3) is 0.174. The topological polar surface area (TPSA) is 75.3 Å². The lowest BCUT2D eigenvalue weighted by Gasteiger charge is -2.15. The van der Waals surface area contributed by atoms with Crippen LogP contribution in [0.2, 0.25) is 0 Å². The van der Waals surface area contributed by atoms with E-state index >= 15 is 0 Å². The van der Waals surface area contributed by atoms with Crippen LogP contribution in [0.1, 0.15) is 28.4 Å². The summed E-state index contributed by atoms with van der Waals surface area (Å²) in [5, 5.41) is 2.66. The van der Waals surface area contributed by atoms with Crippen molar-refractivity contribution in [2.75, 3.05) is 5.32 Å². The number of nitrogens with one attached hydrogen (secondary N) is 2. The summed E-state index contributed by atoms with van der Waals surface area (Å²) in [6, 6.07) is 19.3. The first-order chi connectivity index (χ1) is 14.2. The van der Waals surface area contributed by atoms with Crippen LogP contribution < -0.4 is 10.0 Å². The number of benzene rings is 3. The first kappa shape index (κ1) is 21.7. The zero-order chi connectivity index (χ0) is 21.7. The molecule has 0 aliphatic heterocycles. The van der Waals surface area contributed by atoms with E-state index in [1.165, 1.54) is 42.5 Å². The van der Waals surface area contributed by atoms with E-state index in [1.54, 1.807) is 13.8 Å². The maximum Gasteiger partial charge on any atom is 0.255 e. The van der Waals surface area contributed by atoms with E-state index in [0.29, 0.717) is 17.7 Å². The number of aryl methyl sites for hydroxylation is 1. The third-order valence-corrected chi connectivity index (χ3v) is 6.15. The van der Waals surface area contributed by atoms with Crippen LogP contribution in [0, 0.1) is 12.7 Å². The van der Waals surface area contributed by atoms with Gasteiger partial charge in [0.1, 0.15) is 5.82 Å². The Morgan fingerprint density at radius 3 is 2.43 bits per heavy atom. The Morgan fingerprint density at radius 1 is 1.00 bits per heavy atom. The number of rotatable bonds is 7. The molecular weight excluding hydrogens is 403 g/mol. The average molecular weight is 427 g/mol. The minimum atomic E-state index is -3.80. The largest absolute Gasteiger partial charge is 0.322 e. The van der Waals surface area contributed by atoms with Gasteiger partial charge in [-0.25, -0.2) is 17.5 Å². The fourth-order valence-corrected chi connectivity index (χ4v) is 4.36. The summed E-state index contributed by atoms with van der Waals surface area (Å²) in [5.74, 6) is -0.841. The van der Waals surface area contributed by atoms with Gasteiger partial charge in [-0.15, -0.1) is 0 Å². The molecule has 1 amide bonds. The molecule has 0 aliphatic rings. The third kappa shape index (κ3) is 5.52. The van der Waals surface area contributed by atoms with Crippen molar-refractivity contribution >= 4 is 21.6 Å². The van der Waals surface area contributed by atoms with Gasteiger partial charge in [0.25, 0.3) is 5.91 Å². The Bertz CT molecular complexity index is 1150. The van der Waals surface area contributed by atoms with Gasteiger partial charge >= 0.3 is 0 Å². The van der Waals surface area contributed by atoms with Crippen molar-refractivity contribution in [2.45, 2.75) is 31.2 Å². The number of hydrogen-bond acceptors (Lipinski definition) is 3. The van der Waals surface area contributed by atoms with E-state index in [1.807, 2.05) is 30.3 Å². The Balaban J connectivity index is 1.72. The highest BCUT2D eigenvalue weighted by Gasteiger charge is 2.19. The normalized spacial score (nSPS) is 12.4. The molecule has 3 aromatic carbocycles. The van der Waals surface area contributed by atoms with Crippen molar-refractivity contribution in [2.24, 2.45) is 0 Å². The first-order valence-corrected chi connectivity index (χ1v) is 11.0. The highest BCUT2D eigenvalue weighted by Crippen LogP contribution is 2.17. The summed E-state index contributed by atoms with van der Waals surface area (Å²) in [4.78, 5) is 12.5. The number of amides is 1. The van der Waals surface area contributed by atoms with Crippen LogP contribution in [-0.4, -0.2) is 20.4 Å². The molecule has 3 rings (SSSR count). The lowest BCUT2D eigenvalue weighted by molar-refractivity contribution is 0.102. The van der Waals surface area contributed by atoms with Crippen LogP contribution >= 0.6 is 0 Å². The second-order valence-corrected chi connectivity index (χ2v) is 8.87. The molecule has 0 fully saturated rings. The average Bonchev–Trinajstić information content (AvgIpc) is 2.71. The van der Waals surface area contributed by atoms with Gasteiger partial charge < -0.3 is 5.32 Å². The van der Waals surface area contributed by atoms with Crippen molar-refractivity contribution in [3.63, 3.8) is 0 Å². The van der Waals surface area contributed by atoms with Crippen LogP contribution in [0.4, 0.5) is 10.1 Å². The van der Waals surface area contributed by atoms with Gasteiger partial charge in [0.05, 0.1) is 4.90 Å². The molecule has 7 heteroatoms. The van der Waals surface area contributed by atoms with Crippen molar-refractivity contribution in [3.8, 4) is 0 Å². The highest BCUT2D eigenvalue weighted by atomic mass is 32.2. The summed E-state index contributed by atoms with van der Waals surface area (Å²) in [5.41, 5.74) is 2.05. The molecule has 0 aromatic heterocycles. The standard InChI is InChI=1S/C23H23FN2O3S/c1-16-13-20(11-12-22(16)24)25-23(27)19-9-6-10-21(15-19)30(28,29)26-17(2)14-18-7-4-3-5-8-18/h3-13,15,17,26H,14H2,1-2H3,(H,25,27). The smallest absolute Gasteiger partial charge is 0.255 e. The van der Waals surface area contributed by atoms with Crippen molar-refractivity contribution in [3.05, 3.63) is 95.3 Å². The maximum absolute atomic E-state index is 13.4. The van der Waals surface area contributed by atoms with Crippen molar-refractivity contribution in [1.29, 1.82) is 0 Å². The number of hydrogen-bond donors (Lipinski definition) is 2. The van der Waals surface area contributed by atoms with Crippen LogP contribution in [0.15, 0.2) is 77.7 Å². The van der Waals surface area contributed by atoms with Crippen LogP contribution in [-0.2, 0) is 16.4 Å². The van der Waals surface area contributed by atoms with Gasteiger partial charge in [-0.1, -0.05) is 36.4 Å². The zero-order valence-electron chi connectivity index (χ0n) is 16.7. The summed E-state index contributed by atoms with van der Waals surface area (Å²) in [6.45, 7) is 3.39. The predicted octanol–water partition coefficient (Wildman–Crippen LogP) is 4.30. The van der Waals surface area contributed by atoms with Crippen molar-refractivity contribution < 1.29 is 17.6 Å². The summed E-state index contributed by atoms with van der Waals surface area (Å²) >= 11 is 0. The number of carbonyl (C=O) groups excluding carboxylic acids is 1. The van der Waals surface area contributed by atoms with Gasteiger partial charge in [0.2, 0.25) is 10.0 Å². The predicted molar refractivity (Wildman–Crippen MR) is 115 cm³/mol. The van der Waals surface area contributed by atoms with Gasteiger partial charge in [-0.3, -0.25) is 4.79 Å². The van der Waals surface area contributed by atoms with Crippen LogP contribution in [0.25, 0.3) is 0 Å². The minimum Gasteiger partial charge on any atom is -0.322 e. The molecule has 5 nitrogen and oxygen atoms in total. The third-order valence-electron chi connectivity index (χ3n) is 4.56. The second kappa shape index (κ2) is 9.19. The number of carbonyl (C=O) groups is 1. The summed E-state index contributed by atoms with van der Waals surface area (Å²) in [7, 11) is -3.80. The number of anilines is 1. The Morgan fingerprint density at radius 2 is 1.73 bits per heavy atom.